The van der Waals surface area contributed by atoms with E-state index >= 15 is 0 Å². The first-order valence-electron chi connectivity index (χ1n) is 16.6. The molecule has 2 aromatic rings. The topological polar surface area (TPSA) is 45.8 Å². The lowest BCUT2D eigenvalue weighted by Crippen LogP contribution is -2.41. The van der Waals surface area contributed by atoms with Gasteiger partial charge >= 0.3 is 0 Å². The predicted octanol–water partition coefficient (Wildman–Crippen LogP) is 8.57. The quantitative estimate of drug-likeness (QED) is 0.203. The number of benzene rings is 2. The zero-order chi connectivity index (χ0) is 31.9. The van der Waals surface area contributed by atoms with Gasteiger partial charge in [0.05, 0.1) is 12.7 Å². The lowest BCUT2D eigenvalue weighted by Gasteiger charge is -2.34. The van der Waals surface area contributed by atoms with Crippen molar-refractivity contribution in [2.75, 3.05) is 37.7 Å². The third-order valence-corrected chi connectivity index (χ3v) is 8.32. The van der Waals surface area contributed by atoms with Crippen LogP contribution in [0.3, 0.4) is 0 Å². The van der Waals surface area contributed by atoms with Crippen LogP contribution in [0.1, 0.15) is 113 Å². The smallest absolute Gasteiger partial charge is 0.119 e. The van der Waals surface area contributed by atoms with Gasteiger partial charge in [-0.25, -0.2) is 0 Å². The lowest BCUT2D eigenvalue weighted by atomic mass is 9.78. The van der Waals surface area contributed by atoms with Crippen molar-refractivity contribution in [3.8, 4) is 5.75 Å². The second-order valence-corrected chi connectivity index (χ2v) is 16.6. The Morgan fingerprint density at radius 1 is 0.860 bits per heavy atom. The molecule has 0 saturated carbocycles. The van der Waals surface area contributed by atoms with Gasteiger partial charge < -0.3 is 25.0 Å². The van der Waals surface area contributed by atoms with Crippen molar-refractivity contribution in [2.45, 2.75) is 125 Å². The molecule has 0 spiro atoms. The Hall–Kier alpha value is -2.08. The third kappa shape index (κ3) is 13.2. The minimum atomic E-state index is 0.0424. The Morgan fingerprint density at radius 3 is 2.12 bits per heavy atom. The highest BCUT2D eigenvalue weighted by Crippen LogP contribution is 2.32. The first kappa shape index (κ1) is 35.4. The van der Waals surface area contributed by atoms with Crippen LogP contribution in [0.5, 0.6) is 5.75 Å². The number of hydrogen-bond donors (Lipinski definition) is 2. The molecule has 0 aromatic heterocycles. The summed E-state index contributed by atoms with van der Waals surface area (Å²) >= 11 is 0. The predicted molar refractivity (Wildman–Crippen MR) is 185 cm³/mol. The molecule has 0 amide bonds. The molecule has 1 aliphatic heterocycles. The first-order chi connectivity index (χ1) is 19.9. The van der Waals surface area contributed by atoms with E-state index < -0.39 is 0 Å². The van der Waals surface area contributed by atoms with Crippen molar-refractivity contribution in [2.24, 2.45) is 10.8 Å². The average Bonchev–Trinajstić information content (AvgIpc) is 3.38. The summed E-state index contributed by atoms with van der Waals surface area (Å²) in [5, 5.41) is 7.39. The summed E-state index contributed by atoms with van der Waals surface area (Å²) in [6.07, 6.45) is 4.78. The maximum atomic E-state index is 6.19. The highest BCUT2D eigenvalue weighted by Gasteiger charge is 2.27. The van der Waals surface area contributed by atoms with Gasteiger partial charge in [-0.3, -0.25) is 0 Å². The van der Waals surface area contributed by atoms with Crippen molar-refractivity contribution in [1.29, 1.82) is 0 Å². The van der Waals surface area contributed by atoms with Crippen LogP contribution in [0.4, 0.5) is 5.69 Å². The minimum Gasteiger partial charge on any atom is -0.492 e. The van der Waals surface area contributed by atoms with Crippen molar-refractivity contribution in [3.63, 3.8) is 0 Å². The van der Waals surface area contributed by atoms with Crippen LogP contribution >= 0.6 is 0 Å². The fourth-order valence-electron chi connectivity index (χ4n) is 5.77. The van der Waals surface area contributed by atoms with E-state index in [2.05, 4.69) is 140 Å². The zero-order valence-corrected chi connectivity index (χ0v) is 29.4. The molecule has 5 nitrogen and oxygen atoms in total. The van der Waals surface area contributed by atoms with Gasteiger partial charge in [0.15, 0.2) is 0 Å². The van der Waals surface area contributed by atoms with Crippen molar-refractivity contribution in [3.05, 3.63) is 59.7 Å². The highest BCUT2D eigenvalue weighted by molar-refractivity contribution is 5.49. The summed E-state index contributed by atoms with van der Waals surface area (Å²) < 4.78 is 12.1. The normalized spacial score (nSPS) is 17.4. The van der Waals surface area contributed by atoms with Gasteiger partial charge in [-0.1, -0.05) is 58.9 Å². The molecule has 2 aromatic carbocycles. The number of ether oxygens (including phenoxy) is 2. The summed E-state index contributed by atoms with van der Waals surface area (Å²) in [5.41, 5.74) is 4.60. The zero-order valence-electron chi connectivity index (χ0n) is 29.4. The minimum absolute atomic E-state index is 0.0424. The van der Waals surface area contributed by atoms with Gasteiger partial charge in [0.2, 0.25) is 0 Å². The lowest BCUT2D eigenvalue weighted by molar-refractivity contribution is 0.0205. The second kappa shape index (κ2) is 14.8. The molecule has 3 rings (SSSR count). The van der Waals surface area contributed by atoms with Gasteiger partial charge in [-0.05, 0) is 113 Å². The molecule has 1 heterocycles. The van der Waals surface area contributed by atoms with Crippen LogP contribution in [0.25, 0.3) is 0 Å². The Labute approximate surface area is 264 Å². The number of hydrogen-bond acceptors (Lipinski definition) is 5. The monoisotopic (exact) mass is 593 g/mol. The molecular formula is C38H63N3O2. The summed E-state index contributed by atoms with van der Waals surface area (Å²) in [6.45, 7) is 29.4. The van der Waals surface area contributed by atoms with E-state index in [-0.39, 0.29) is 21.9 Å². The fourth-order valence-corrected chi connectivity index (χ4v) is 5.77. The maximum absolute atomic E-state index is 6.19. The van der Waals surface area contributed by atoms with Crippen LogP contribution in [0, 0.1) is 10.8 Å². The van der Waals surface area contributed by atoms with E-state index in [0.717, 1.165) is 57.7 Å². The molecule has 1 aliphatic rings. The Kier molecular flexibility index (Phi) is 12.2. The summed E-state index contributed by atoms with van der Waals surface area (Å²) in [6, 6.07) is 18.1. The van der Waals surface area contributed by atoms with Crippen LogP contribution in [-0.4, -0.2) is 50.0 Å². The Bertz CT molecular complexity index is 1090. The van der Waals surface area contributed by atoms with Gasteiger partial charge in [-0.15, -0.1) is 0 Å². The van der Waals surface area contributed by atoms with Crippen LogP contribution < -0.4 is 20.3 Å². The fraction of sp³-hybridized carbons (Fsp3) is 0.684. The Balaban J connectivity index is 1.43. The van der Waals surface area contributed by atoms with Crippen LogP contribution in [-0.2, 0) is 11.2 Å². The van der Waals surface area contributed by atoms with Gasteiger partial charge in [0, 0.05) is 42.4 Å². The molecule has 0 bridgehead atoms. The molecule has 0 aliphatic carbocycles. The number of nitrogens with one attached hydrogen (secondary N) is 2. The second-order valence-electron chi connectivity index (χ2n) is 16.6. The first-order valence-corrected chi connectivity index (χ1v) is 16.6. The van der Waals surface area contributed by atoms with Crippen molar-refractivity contribution < 1.29 is 9.47 Å². The number of rotatable bonds is 15. The largest absolute Gasteiger partial charge is 0.492 e. The van der Waals surface area contributed by atoms with E-state index in [0.29, 0.717) is 18.8 Å². The van der Waals surface area contributed by atoms with Crippen LogP contribution in [0.15, 0.2) is 48.5 Å². The SMILES string of the molecule is CC(NC(C)(C)CCC(C)(C)Cc1ccc(OCCNC(C)(C)C)cc1)c1ccc(N2CC[C@H](OCC(C)(C)C)C2)cc1. The molecule has 1 saturated heterocycles. The van der Waals surface area contributed by atoms with E-state index in [1.54, 1.807) is 0 Å². The molecule has 43 heavy (non-hydrogen) atoms. The van der Waals surface area contributed by atoms with Gasteiger partial charge in [0.25, 0.3) is 0 Å². The van der Waals surface area contributed by atoms with Gasteiger partial charge in [0.1, 0.15) is 12.4 Å². The molecule has 2 atom stereocenters. The van der Waals surface area contributed by atoms with Crippen molar-refractivity contribution >= 4 is 5.69 Å². The van der Waals surface area contributed by atoms with Gasteiger partial charge in [-0.2, -0.15) is 0 Å². The molecule has 0 radical (unpaired) electrons. The average molecular weight is 594 g/mol. The third-order valence-electron chi connectivity index (χ3n) is 8.32. The van der Waals surface area contributed by atoms with E-state index in [1.165, 1.54) is 16.8 Å². The maximum Gasteiger partial charge on any atom is 0.119 e. The summed E-state index contributed by atoms with van der Waals surface area (Å²) in [5.74, 6) is 0.944. The summed E-state index contributed by atoms with van der Waals surface area (Å²) in [4.78, 5) is 2.47. The molecule has 5 heteroatoms. The molecule has 1 unspecified atom stereocenters. The summed E-state index contributed by atoms with van der Waals surface area (Å²) in [7, 11) is 0. The number of anilines is 1. The molecular weight excluding hydrogens is 530 g/mol. The number of nitrogens with zero attached hydrogens (tertiary/aromatic N) is 1. The van der Waals surface area contributed by atoms with E-state index in [9.17, 15) is 0 Å². The van der Waals surface area contributed by atoms with Crippen molar-refractivity contribution in [1.82, 2.24) is 10.6 Å². The highest BCUT2D eigenvalue weighted by atomic mass is 16.5. The molecule has 2 N–H and O–H groups in total. The molecule has 242 valence electrons. The Morgan fingerprint density at radius 2 is 1.51 bits per heavy atom. The van der Waals surface area contributed by atoms with E-state index in [1.807, 2.05) is 0 Å². The molecule has 1 fully saturated rings. The van der Waals surface area contributed by atoms with Crippen LogP contribution in [0.2, 0.25) is 0 Å². The standard InChI is InChI=1S/C38H63N3O2/c1-29(31-14-16-32(17-15-31)41-24-20-34(27-41)43-28-35(2,3)4)40-38(10,11)22-21-37(8,9)26-30-12-18-33(19-13-30)42-25-23-39-36(5,6)7/h12-19,29,34,39-40H,20-28H2,1-11H3/t29?,34-/m0/s1. The van der Waals surface area contributed by atoms with E-state index in [4.69, 9.17) is 9.47 Å².